The average molecular weight is 373 g/mol. The van der Waals surface area contributed by atoms with Gasteiger partial charge in [0.05, 0.1) is 13.2 Å². The van der Waals surface area contributed by atoms with Crippen LogP contribution < -0.4 is 5.32 Å². The van der Waals surface area contributed by atoms with Crippen molar-refractivity contribution in [3.8, 4) is 0 Å². The third-order valence-corrected chi connectivity index (χ3v) is 4.53. The van der Waals surface area contributed by atoms with Gasteiger partial charge in [0.2, 0.25) is 5.91 Å². The standard InChI is InChI=1S/C20H40N2O4/c1-2-3-4-5-6-7-8-9-10-11-12-13-19(24)21-14-15-22(16-17-23)18-20(25)26/h23H,2-18H2,1H3,(H,21,24)(H,25,26). The van der Waals surface area contributed by atoms with E-state index in [4.69, 9.17) is 10.2 Å². The number of carboxylic acids is 1. The van der Waals surface area contributed by atoms with Gasteiger partial charge >= 0.3 is 5.97 Å². The number of aliphatic hydroxyl groups is 1. The van der Waals surface area contributed by atoms with Gasteiger partial charge in [-0.05, 0) is 6.42 Å². The summed E-state index contributed by atoms with van der Waals surface area (Å²) in [5.74, 6) is -0.897. The maximum atomic E-state index is 11.8. The second-order valence-electron chi connectivity index (χ2n) is 7.03. The molecule has 0 atom stereocenters. The Morgan fingerprint density at radius 2 is 1.38 bits per heavy atom. The van der Waals surface area contributed by atoms with Crippen molar-refractivity contribution < 1.29 is 19.8 Å². The predicted molar refractivity (Wildman–Crippen MR) is 105 cm³/mol. The number of carboxylic acid groups (broad SMARTS) is 1. The Morgan fingerprint density at radius 1 is 0.846 bits per heavy atom. The van der Waals surface area contributed by atoms with Gasteiger partial charge in [-0.2, -0.15) is 0 Å². The fourth-order valence-corrected chi connectivity index (χ4v) is 2.99. The Hall–Kier alpha value is -1.14. The zero-order valence-electron chi connectivity index (χ0n) is 16.7. The number of unbranched alkanes of at least 4 members (excludes halogenated alkanes) is 10. The molecule has 0 saturated carbocycles. The van der Waals surface area contributed by atoms with E-state index in [2.05, 4.69) is 12.2 Å². The van der Waals surface area contributed by atoms with Crippen LogP contribution in [0.15, 0.2) is 0 Å². The molecular formula is C20H40N2O4. The first-order chi connectivity index (χ1) is 12.6. The Morgan fingerprint density at radius 3 is 1.88 bits per heavy atom. The van der Waals surface area contributed by atoms with Crippen LogP contribution in [-0.4, -0.2) is 59.8 Å². The molecule has 0 unspecified atom stereocenters. The zero-order chi connectivity index (χ0) is 19.5. The summed E-state index contributed by atoms with van der Waals surface area (Å²) >= 11 is 0. The number of aliphatic carboxylic acids is 1. The molecule has 6 nitrogen and oxygen atoms in total. The van der Waals surface area contributed by atoms with Crippen molar-refractivity contribution in [1.29, 1.82) is 0 Å². The SMILES string of the molecule is CCCCCCCCCCCCCC(=O)NCCN(CCO)CC(=O)O. The Labute approximate surface area is 159 Å². The lowest BCUT2D eigenvalue weighted by atomic mass is 10.1. The van der Waals surface area contributed by atoms with Crippen molar-refractivity contribution in [2.45, 2.75) is 84.0 Å². The minimum Gasteiger partial charge on any atom is -0.480 e. The molecule has 3 N–H and O–H groups in total. The summed E-state index contributed by atoms with van der Waals surface area (Å²) in [6, 6.07) is 0. The third kappa shape index (κ3) is 17.7. The van der Waals surface area contributed by atoms with Gasteiger partial charge in [0, 0.05) is 26.1 Å². The molecule has 0 spiro atoms. The molecule has 6 heteroatoms. The van der Waals surface area contributed by atoms with E-state index in [0.29, 0.717) is 26.1 Å². The van der Waals surface area contributed by atoms with Crippen LogP contribution in [0.25, 0.3) is 0 Å². The lowest BCUT2D eigenvalue weighted by molar-refractivity contribution is -0.138. The van der Waals surface area contributed by atoms with Crippen molar-refractivity contribution in [2.24, 2.45) is 0 Å². The monoisotopic (exact) mass is 372 g/mol. The van der Waals surface area contributed by atoms with Crippen LogP contribution in [0.1, 0.15) is 84.0 Å². The first kappa shape index (κ1) is 24.9. The van der Waals surface area contributed by atoms with E-state index in [1.807, 2.05) is 0 Å². The number of carbonyl (C=O) groups is 2. The largest absolute Gasteiger partial charge is 0.480 e. The van der Waals surface area contributed by atoms with Crippen LogP contribution in [0.4, 0.5) is 0 Å². The number of hydrogen-bond acceptors (Lipinski definition) is 4. The molecular weight excluding hydrogens is 332 g/mol. The normalized spacial score (nSPS) is 11.0. The second-order valence-corrected chi connectivity index (χ2v) is 7.03. The van der Waals surface area contributed by atoms with Gasteiger partial charge in [-0.1, -0.05) is 71.1 Å². The predicted octanol–water partition coefficient (Wildman–Crippen LogP) is 3.18. The zero-order valence-corrected chi connectivity index (χ0v) is 16.7. The smallest absolute Gasteiger partial charge is 0.317 e. The molecule has 0 rings (SSSR count). The molecule has 0 bridgehead atoms. The highest BCUT2D eigenvalue weighted by molar-refractivity contribution is 5.75. The number of amides is 1. The number of aliphatic hydroxyl groups excluding tert-OH is 1. The van der Waals surface area contributed by atoms with Crippen LogP contribution in [0.3, 0.4) is 0 Å². The van der Waals surface area contributed by atoms with E-state index < -0.39 is 5.97 Å². The van der Waals surface area contributed by atoms with E-state index in [1.54, 1.807) is 4.90 Å². The molecule has 26 heavy (non-hydrogen) atoms. The molecule has 0 heterocycles. The average Bonchev–Trinajstić information content (AvgIpc) is 2.59. The molecule has 0 aromatic heterocycles. The molecule has 0 aliphatic carbocycles. The molecule has 0 aromatic carbocycles. The van der Waals surface area contributed by atoms with E-state index in [1.165, 1.54) is 57.8 Å². The highest BCUT2D eigenvalue weighted by Gasteiger charge is 2.09. The van der Waals surface area contributed by atoms with Crippen LogP contribution in [0, 0.1) is 0 Å². The highest BCUT2D eigenvalue weighted by Crippen LogP contribution is 2.11. The van der Waals surface area contributed by atoms with Gasteiger partial charge < -0.3 is 15.5 Å². The van der Waals surface area contributed by atoms with Crippen LogP contribution in [0.2, 0.25) is 0 Å². The highest BCUT2D eigenvalue weighted by atomic mass is 16.4. The maximum absolute atomic E-state index is 11.8. The molecule has 0 saturated heterocycles. The van der Waals surface area contributed by atoms with Gasteiger partial charge in [0.25, 0.3) is 0 Å². The minimum absolute atomic E-state index is 0.0280. The Bertz CT molecular complexity index is 351. The lowest BCUT2D eigenvalue weighted by Gasteiger charge is -2.19. The van der Waals surface area contributed by atoms with Gasteiger partial charge in [-0.15, -0.1) is 0 Å². The fraction of sp³-hybridized carbons (Fsp3) is 0.900. The van der Waals surface area contributed by atoms with E-state index >= 15 is 0 Å². The second kappa shape index (κ2) is 18.6. The number of rotatable bonds is 19. The maximum Gasteiger partial charge on any atom is 0.317 e. The van der Waals surface area contributed by atoms with Crippen LogP contribution in [-0.2, 0) is 9.59 Å². The molecule has 0 fully saturated rings. The van der Waals surface area contributed by atoms with Crippen LogP contribution in [0.5, 0.6) is 0 Å². The molecule has 0 radical (unpaired) electrons. The quantitative estimate of drug-likeness (QED) is 0.303. The lowest BCUT2D eigenvalue weighted by Crippen LogP contribution is -2.39. The van der Waals surface area contributed by atoms with Gasteiger partial charge in [-0.3, -0.25) is 14.5 Å². The van der Waals surface area contributed by atoms with Gasteiger partial charge in [0.1, 0.15) is 0 Å². The summed E-state index contributed by atoms with van der Waals surface area (Å²) in [6.45, 7) is 3.21. The number of hydrogen-bond donors (Lipinski definition) is 3. The molecule has 0 aliphatic heterocycles. The van der Waals surface area contributed by atoms with Gasteiger partial charge in [0.15, 0.2) is 0 Å². The van der Waals surface area contributed by atoms with Crippen molar-refractivity contribution in [3.05, 3.63) is 0 Å². The minimum atomic E-state index is -0.925. The summed E-state index contributed by atoms with van der Waals surface area (Å²) in [7, 11) is 0. The van der Waals surface area contributed by atoms with Gasteiger partial charge in [-0.25, -0.2) is 0 Å². The first-order valence-corrected chi connectivity index (χ1v) is 10.4. The number of carbonyl (C=O) groups excluding carboxylic acids is 1. The summed E-state index contributed by atoms with van der Waals surface area (Å²) in [6.07, 6.45) is 14.4. The van der Waals surface area contributed by atoms with E-state index in [0.717, 1.165) is 12.8 Å². The topological polar surface area (TPSA) is 89.9 Å². The summed E-state index contributed by atoms with van der Waals surface area (Å²) < 4.78 is 0. The first-order valence-electron chi connectivity index (χ1n) is 10.4. The molecule has 0 aliphatic rings. The van der Waals surface area contributed by atoms with Crippen molar-refractivity contribution >= 4 is 11.9 Å². The fourth-order valence-electron chi connectivity index (χ4n) is 2.99. The van der Waals surface area contributed by atoms with E-state index in [-0.39, 0.29) is 19.1 Å². The number of nitrogens with zero attached hydrogens (tertiary/aromatic N) is 1. The summed E-state index contributed by atoms with van der Waals surface area (Å²) in [5.41, 5.74) is 0. The third-order valence-electron chi connectivity index (χ3n) is 4.53. The molecule has 0 aromatic rings. The Balaban J connectivity index is 3.44. The van der Waals surface area contributed by atoms with Crippen molar-refractivity contribution in [2.75, 3.05) is 32.8 Å². The summed E-state index contributed by atoms with van der Waals surface area (Å²) in [4.78, 5) is 24.1. The van der Waals surface area contributed by atoms with E-state index in [9.17, 15) is 9.59 Å². The van der Waals surface area contributed by atoms with Crippen LogP contribution >= 0.6 is 0 Å². The Kier molecular flexibility index (Phi) is 17.8. The van der Waals surface area contributed by atoms with Crippen molar-refractivity contribution in [3.63, 3.8) is 0 Å². The summed E-state index contributed by atoms with van der Waals surface area (Å²) in [5, 5.41) is 20.5. The molecule has 154 valence electrons. The molecule has 1 amide bonds. The van der Waals surface area contributed by atoms with Crippen molar-refractivity contribution in [1.82, 2.24) is 10.2 Å². The number of nitrogens with one attached hydrogen (secondary N) is 1.